The monoisotopic (exact) mass is 556 g/mol. The molecular weight excluding hydrogens is 524 g/mol. The molecular formula is C31H33BrN4O. The minimum Gasteiger partial charge on any atom is -0.507 e. The molecule has 0 bridgehead atoms. The van der Waals surface area contributed by atoms with Gasteiger partial charge in [0.1, 0.15) is 11.6 Å². The van der Waals surface area contributed by atoms with E-state index in [4.69, 9.17) is 0 Å². The van der Waals surface area contributed by atoms with Crippen molar-refractivity contribution in [2.45, 2.75) is 26.3 Å². The molecule has 5 rings (SSSR count). The number of phenols is 1. The molecule has 5 nitrogen and oxygen atoms in total. The third-order valence-corrected chi connectivity index (χ3v) is 8.02. The van der Waals surface area contributed by atoms with Crippen molar-refractivity contribution >= 4 is 38.1 Å². The summed E-state index contributed by atoms with van der Waals surface area (Å²) in [5, 5.41) is 21.1. The quantitative estimate of drug-likeness (QED) is 0.233. The number of benzene rings is 3. The van der Waals surface area contributed by atoms with E-state index in [0.29, 0.717) is 11.5 Å². The van der Waals surface area contributed by atoms with E-state index in [2.05, 4.69) is 80.3 Å². The largest absolute Gasteiger partial charge is 0.507 e. The summed E-state index contributed by atoms with van der Waals surface area (Å²) in [6.07, 6.45) is 6.07. The van der Waals surface area contributed by atoms with Crippen molar-refractivity contribution in [3.8, 4) is 5.75 Å². The van der Waals surface area contributed by atoms with E-state index in [1.165, 1.54) is 16.3 Å². The van der Waals surface area contributed by atoms with Crippen molar-refractivity contribution in [3.05, 3.63) is 107 Å². The number of allylic oxidation sites excluding steroid dienone is 2. The second kappa shape index (κ2) is 11.4. The predicted molar refractivity (Wildman–Crippen MR) is 156 cm³/mol. The topological polar surface area (TPSA) is 53.3 Å². The van der Waals surface area contributed by atoms with E-state index >= 15 is 0 Å². The van der Waals surface area contributed by atoms with Gasteiger partial charge in [-0.1, -0.05) is 61.2 Å². The van der Waals surface area contributed by atoms with Gasteiger partial charge in [-0.05, 0) is 94.8 Å². The Morgan fingerprint density at radius 1 is 1.08 bits per heavy atom. The number of nitrogens with zero attached hydrogens (tertiary/aromatic N) is 3. The van der Waals surface area contributed by atoms with Gasteiger partial charge in [-0.15, -0.1) is 0 Å². The Labute approximate surface area is 227 Å². The maximum absolute atomic E-state index is 10.3. The summed E-state index contributed by atoms with van der Waals surface area (Å²) in [5.74, 6) is 1.66. The number of aromatic nitrogens is 2. The lowest BCUT2D eigenvalue weighted by molar-refractivity contribution is 0.177. The number of hydrogen-bond donors (Lipinski definition) is 2. The average molecular weight is 558 g/mol. The Morgan fingerprint density at radius 3 is 2.54 bits per heavy atom. The number of phenolic OH excluding ortho intramolecular Hbond substituents is 1. The molecule has 2 heterocycles. The van der Waals surface area contributed by atoms with Crippen LogP contribution in [0, 0.1) is 12.8 Å². The fourth-order valence-electron chi connectivity index (χ4n) is 5.00. The molecule has 0 atom stereocenters. The SMILES string of the molecule is C=C(/C=C(/NCC1CCN(Cc2ccc3ccccc3c2)CC1)n1ncc(Br)c1C)c1ccccc1O. The van der Waals surface area contributed by atoms with Gasteiger partial charge in [0.25, 0.3) is 0 Å². The first kappa shape index (κ1) is 25.3. The fourth-order valence-corrected chi connectivity index (χ4v) is 5.26. The lowest BCUT2D eigenvalue weighted by atomic mass is 9.96. The molecule has 0 spiro atoms. The molecule has 3 aromatic carbocycles. The molecule has 190 valence electrons. The third-order valence-electron chi connectivity index (χ3n) is 7.24. The number of nitrogens with one attached hydrogen (secondary N) is 1. The number of para-hydroxylation sites is 1. The Hall–Kier alpha value is -3.35. The van der Waals surface area contributed by atoms with Crippen LogP contribution in [0.25, 0.3) is 22.2 Å². The van der Waals surface area contributed by atoms with Crippen molar-refractivity contribution in [2.75, 3.05) is 19.6 Å². The number of piperidine rings is 1. The van der Waals surface area contributed by atoms with Crippen LogP contribution in [0.3, 0.4) is 0 Å². The standard InChI is InChI=1S/C31H33BrN4O/c1-22(28-9-5-6-10-30(28)37)17-31(36-23(2)29(32)20-34-36)33-19-24-13-15-35(16-14-24)21-25-11-12-26-7-3-4-8-27(26)18-25/h3-12,17-18,20,24,33,37H,1,13-16,19,21H2,2H3/b31-17-. The predicted octanol–water partition coefficient (Wildman–Crippen LogP) is 6.83. The van der Waals surface area contributed by atoms with E-state index in [1.807, 2.05) is 35.9 Å². The van der Waals surface area contributed by atoms with Gasteiger partial charge in [0.15, 0.2) is 0 Å². The van der Waals surface area contributed by atoms with Gasteiger partial charge in [-0.3, -0.25) is 4.90 Å². The number of hydrogen-bond acceptors (Lipinski definition) is 4. The van der Waals surface area contributed by atoms with Gasteiger partial charge in [0, 0.05) is 18.7 Å². The minimum atomic E-state index is 0.222. The van der Waals surface area contributed by atoms with E-state index in [0.717, 1.165) is 60.6 Å². The van der Waals surface area contributed by atoms with Gasteiger partial charge < -0.3 is 10.4 Å². The Bertz CT molecular complexity index is 1430. The van der Waals surface area contributed by atoms with Gasteiger partial charge in [0.2, 0.25) is 0 Å². The second-order valence-corrected chi connectivity index (χ2v) is 10.7. The van der Waals surface area contributed by atoms with Crippen LogP contribution in [-0.2, 0) is 6.54 Å². The molecule has 6 heteroatoms. The Balaban J connectivity index is 1.22. The molecule has 0 unspecified atom stereocenters. The van der Waals surface area contributed by atoms with Crippen LogP contribution in [0.4, 0.5) is 0 Å². The van der Waals surface area contributed by atoms with E-state index in [9.17, 15) is 5.11 Å². The van der Waals surface area contributed by atoms with Crippen molar-refractivity contribution in [3.63, 3.8) is 0 Å². The van der Waals surface area contributed by atoms with E-state index in [1.54, 1.807) is 12.3 Å². The lowest BCUT2D eigenvalue weighted by Crippen LogP contribution is -2.37. The van der Waals surface area contributed by atoms with E-state index < -0.39 is 0 Å². The maximum Gasteiger partial charge on any atom is 0.128 e. The minimum absolute atomic E-state index is 0.222. The fraction of sp³-hybridized carbons (Fsp3) is 0.258. The van der Waals surface area contributed by atoms with Gasteiger partial charge in [-0.25, -0.2) is 4.68 Å². The van der Waals surface area contributed by atoms with Crippen LogP contribution >= 0.6 is 15.9 Å². The normalized spacial score (nSPS) is 15.2. The van der Waals surface area contributed by atoms with Crippen LogP contribution in [0.5, 0.6) is 5.75 Å². The highest BCUT2D eigenvalue weighted by molar-refractivity contribution is 9.10. The summed E-state index contributed by atoms with van der Waals surface area (Å²) in [5.41, 5.74) is 3.83. The molecule has 0 aliphatic carbocycles. The zero-order valence-corrected chi connectivity index (χ0v) is 22.8. The zero-order valence-electron chi connectivity index (χ0n) is 21.2. The number of likely N-dealkylation sites (tertiary alicyclic amines) is 1. The summed E-state index contributed by atoms with van der Waals surface area (Å²) in [4.78, 5) is 2.56. The van der Waals surface area contributed by atoms with E-state index in [-0.39, 0.29) is 5.75 Å². The summed E-state index contributed by atoms with van der Waals surface area (Å²) in [7, 11) is 0. The molecule has 0 radical (unpaired) electrons. The summed E-state index contributed by atoms with van der Waals surface area (Å²) in [6.45, 7) is 10.3. The first-order valence-electron chi connectivity index (χ1n) is 12.8. The van der Waals surface area contributed by atoms with Crippen LogP contribution in [0.15, 0.2) is 90.1 Å². The van der Waals surface area contributed by atoms with Crippen molar-refractivity contribution < 1.29 is 5.11 Å². The van der Waals surface area contributed by atoms with Crippen LogP contribution in [0.2, 0.25) is 0 Å². The lowest BCUT2D eigenvalue weighted by Gasteiger charge is -2.32. The van der Waals surface area contributed by atoms with Gasteiger partial charge in [-0.2, -0.15) is 5.10 Å². The first-order valence-corrected chi connectivity index (χ1v) is 13.6. The highest BCUT2D eigenvalue weighted by Crippen LogP contribution is 2.27. The highest BCUT2D eigenvalue weighted by atomic mass is 79.9. The van der Waals surface area contributed by atoms with Crippen molar-refractivity contribution in [1.29, 1.82) is 0 Å². The van der Waals surface area contributed by atoms with Crippen molar-refractivity contribution in [1.82, 2.24) is 20.0 Å². The molecule has 37 heavy (non-hydrogen) atoms. The molecule has 1 saturated heterocycles. The van der Waals surface area contributed by atoms with Gasteiger partial charge >= 0.3 is 0 Å². The number of aromatic hydroxyl groups is 1. The van der Waals surface area contributed by atoms with Crippen LogP contribution < -0.4 is 5.32 Å². The third kappa shape index (κ3) is 5.97. The molecule has 1 aliphatic rings. The molecule has 0 amide bonds. The van der Waals surface area contributed by atoms with Gasteiger partial charge in [0.05, 0.1) is 16.4 Å². The number of fused-ring (bicyclic) bond motifs is 1. The summed E-state index contributed by atoms with van der Waals surface area (Å²) < 4.78 is 2.85. The molecule has 2 N–H and O–H groups in total. The molecule has 1 aliphatic heterocycles. The van der Waals surface area contributed by atoms with Crippen LogP contribution in [0.1, 0.15) is 29.7 Å². The smallest absolute Gasteiger partial charge is 0.128 e. The molecule has 4 aromatic rings. The first-order chi connectivity index (χ1) is 18.0. The maximum atomic E-state index is 10.3. The summed E-state index contributed by atoms with van der Waals surface area (Å²) in [6, 6.07) is 22.6. The number of rotatable bonds is 8. The Morgan fingerprint density at radius 2 is 1.81 bits per heavy atom. The number of halogens is 1. The highest BCUT2D eigenvalue weighted by Gasteiger charge is 2.20. The average Bonchev–Trinajstić information content (AvgIpc) is 3.25. The second-order valence-electron chi connectivity index (χ2n) is 9.84. The molecule has 1 aromatic heterocycles. The van der Waals surface area contributed by atoms with Crippen molar-refractivity contribution in [2.24, 2.45) is 5.92 Å². The Kier molecular flexibility index (Phi) is 7.77. The zero-order chi connectivity index (χ0) is 25.8. The summed E-state index contributed by atoms with van der Waals surface area (Å²) >= 11 is 3.58. The molecule has 0 saturated carbocycles. The van der Waals surface area contributed by atoms with Crippen LogP contribution in [-0.4, -0.2) is 39.4 Å². The molecule has 1 fully saturated rings.